The number of sulfonamides is 1. The quantitative estimate of drug-likeness (QED) is 0.865. The summed E-state index contributed by atoms with van der Waals surface area (Å²) in [5.74, 6) is 0. The minimum Gasteiger partial charge on any atom is -0.389 e. The van der Waals surface area contributed by atoms with E-state index in [1.165, 1.54) is 25.1 Å². The van der Waals surface area contributed by atoms with Crippen LogP contribution in [-0.4, -0.2) is 25.7 Å². The van der Waals surface area contributed by atoms with Crippen molar-refractivity contribution in [2.45, 2.75) is 30.8 Å². The predicted molar refractivity (Wildman–Crippen MR) is 72.3 cm³/mol. The minimum atomic E-state index is -3.89. The van der Waals surface area contributed by atoms with E-state index in [4.69, 9.17) is 16.9 Å². The Hall–Kier alpha value is -1.13. The van der Waals surface area contributed by atoms with E-state index in [2.05, 4.69) is 4.72 Å². The van der Waals surface area contributed by atoms with Gasteiger partial charge in [-0.3, -0.25) is 0 Å². The highest BCUT2D eigenvalue weighted by Gasteiger charge is 2.24. The van der Waals surface area contributed by atoms with E-state index in [1.54, 1.807) is 13.0 Å². The summed E-state index contributed by atoms with van der Waals surface area (Å²) in [6, 6.07) is 5.80. The van der Waals surface area contributed by atoms with Crippen LogP contribution >= 0.6 is 11.6 Å². The Morgan fingerprint density at radius 1 is 1.53 bits per heavy atom. The molecule has 104 valence electrons. The lowest BCUT2D eigenvalue weighted by atomic mass is 10.1. The first kappa shape index (κ1) is 15.9. The van der Waals surface area contributed by atoms with Crippen molar-refractivity contribution in [1.82, 2.24) is 4.72 Å². The zero-order chi connectivity index (χ0) is 14.7. The topological polar surface area (TPSA) is 90.2 Å². The maximum Gasteiger partial charge on any atom is 0.242 e. The van der Waals surface area contributed by atoms with E-state index in [9.17, 15) is 13.5 Å². The number of nitrogens with zero attached hydrogens (tertiary/aromatic N) is 1. The molecule has 0 aromatic heterocycles. The second-order valence-electron chi connectivity index (χ2n) is 4.43. The Bertz CT molecular complexity index is 606. The first-order valence-corrected chi connectivity index (χ1v) is 7.49. The molecule has 0 heterocycles. The summed E-state index contributed by atoms with van der Waals surface area (Å²) < 4.78 is 26.5. The molecule has 0 radical (unpaired) electrons. The first-order chi connectivity index (χ1) is 8.72. The summed E-state index contributed by atoms with van der Waals surface area (Å²) in [5, 5.41) is 18.9. The second kappa shape index (κ2) is 5.88. The van der Waals surface area contributed by atoms with Crippen LogP contribution in [0.2, 0.25) is 5.02 Å². The maximum atomic E-state index is 12.1. The monoisotopic (exact) mass is 302 g/mol. The van der Waals surface area contributed by atoms with Crippen LogP contribution in [-0.2, 0) is 10.0 Å². The summed E-state index contributed by atoms with van der Waals surface area (Å²) in [6.07, 6.45) is 0.399. The molecule has 0 saturated heterocycles. The molecule has 1 unspecified atom stereocenters. The van der Waals surface area contributed by atoms with Crippen molar-refractivity contribution in [2.24, 2.45) is 0 Å². The fraction of sp³-hybridized carbons (Fsp3) is 0.417. The van der Waals surface area contributed by atoms with E-state index in [1.807, 2.05) is 0 Å². The third-order valence-corrected chi connectivity index (χ3v) is 4.43. The van der Waals surface area contributed by atoms with Crippen molar-refractivity contribution in [2.75, 3.05) is 6.54 Å². The van der Waals surface area contributed by atoms with Crippen molar-refractivity contribution in [3.05, 3.63) is 28.8 Å². The van der Waals surface area contributed by atoms with Crippen molar-refractivity contribution < 1.29 is 13.5 Å². The highest BCUT2D eigenvalue weighted by Crippen LogP contribution is 2.20. The normalized spacial score (nSPS) is 14.7. The van der Waals surface area contributed by atoms with Gasteiger partial charge in [0.15, 0.2) is 0 Å². The molecular weight excluding hydrogens is 288 g/mol. The van der Waals surface area contributed by atoms with Crippen molar-refractivity contribution in [1.29, 1.82) is 5.26 Å². The van der Waals surface area contributed by atoms with Gasteiger partial charge >= 0.3 is 0 Å². The summed E-state index contributed by atoms with van der Waals surface area (Å²) >= 11 is 5.75. The highest BCUT2D eigenvalue weighted by molar-refractivity contribution is 7.89. The number of hydrogen-bond acceptors (Lipinski definition) is 4. The molecule has 1 aromatic carbocycles. The molecule has 0 amide bonds. The van der Waals surface area contributed by atoms with Crippen LogP contribution < -0.4 is 4.72 Å². The fourth-order valence-electron chi connectivity index (χ4n) is 1.26. The first-order valence-electron chi connectivity index (χ1n) is 5.63. The van der Waals surface area contributed by atoms with E-state index >= 15 is 0 Å². The maximum absolute atomic E-state index is 12.1. The molecular formula is C12H15ClN2O3S. The lowest BCUT2D eigenvalue weighted by molar-refractivity contribution is 0.0613. The Kier molecular flexibility index (Phi) is 4.93. The molecule has 19 heavy (non-hydrogen) atoms. The molecule has 0 aliphatic heterocycles. The number of aliphatic hydroxyl groups is 1. The molecule has 0 saturated carbocycles. The lowest BCUT2D eigenvalue weighted by Crippen LogP contribution is -2.40. The van der Waals surface area contributed by atoms with Gasteiger partial charge in [0, 0.05) is 11.6 Å². The van der Waals surface area contributed by atoms with E-state index in [-0.39, 0.29) is 22.0 Å². The van der Waals surface area contributed by atoms with Crippen LogP contribution in [0.5, 0.6) is 0 Å². The zero-order valence-electron chi connectivity index (χ0n) is 10.6. The van der Waals surface area contributed by atoms with E-state index < -0.39 is 15.6 Å². The van der Waals surface area contributed by atoms with Gasteiger partial charge in [0.1, 0.15) is 11.0 Å². The summed E-state index contributed by atoms with van der Waals surface area (Å²) in [5.41, 5.74) is -1.13. The van der Waals surface area contributed by atoms with Gasteiger partial charge in [0.05, 0.1) is 11.2 Å². The third kappa shape index (κ3) is 4.18. The fourth-order valence-corrected chi connectivity index (χ4v) is 2.84. The lowest BCUT2D eigenvalue weighted by Gasteiger charge is -2.21. The Balaban J connectivity index is 3.08. The third-order valence-electron chi connectivity index (χ3n) is 2.76. The van der Waals surface area contributed by atoms with Crippen LogP contribution in [0.4, 0.5) is 0 Å². The van der Waals surface area contributed by atoms with Crippen molar-refractivity contribution >= 4 is 21.6 Å². The van der Waals surface area contributed by atoms with Crippen LogP contribution in [0.15, 0.2) is 23.1 Å². The molecule has 0 fully saturated rings. The molecule has 0 spiro atoms. The summed E-state index contributed by atoms with van der Waals surface area (Å²) in [6.45, 7) is 3.14. The number of halogens is 1. The van der Waals surface area contributed by atoms with Gasteiger partial charge in [-0.15, -0.1) is 0 Å². The number of rotatable bonds is 5. The Morgan fingerprint density at radius 3 is 2.68 bits per heavy atom. The van der Waals surface area contributed by atoms with Crippen molar-refractivity contribution in [3.63, 3.8) is 0 Å². The van der Waals surface area contributed by atoms with Crippen LogP contribution in [0.3, 0.4) is 0 Å². The van der Waals surface area contributed by atoms with Gasteiger partial charge < -0.3 is 5.11 Å². The van der Waals surface area contributed by atoms with Gasteiger partial charge in [0.25, 0.3) is 0 Å². The molecule has 0 aliphatic carbocycles. The second-order valence-corrected chi connectivity index (χ2v) is 6.60. The number of nitriles is 1. The largest absolute Gasteiger partial charge is 0.389 e. The van der Waals surface area contributed by atoms with Crippen LogP contribution in [0, 0.1) is 11.3 Å². The average molecular weight is 303 g/mol. The number of benzene rings is 1. The van der Waals surface area contributed by atoms with Gasteiger partial charge in [-0.25, -0.2) is 13.1 Å². The molecule has 0 aliphatic rings. The minimum absolute atomic E-state index is 0.00745. The van der Waals surface area contributed by atoms with Gasteiger partial charge in [-0.1, -0.05) is 18.5 Å². The summed E-state index contributed by atoms with van der Waals surface area (Å²) in [4.78, 5) is -0.186. The molecule has 0 bridgehead atoms. The molecule has 1 atom stereocenters. The molecule has 2 N–H and O–H groups in total. The average Bonchev–Trinajstić information content (AvgIpc) is 2.37. The smallest absolute Gasteiger partial charge is 0.242 e. The van der Waals surface area contributed by atoms with Crippen LogP contribution in [0.25, 0.3) is 0 Å². The van der Waals surface area contributed by atoms with Gasteiger partial charge in [0.2, 0.25) is 10.0 Å². The SMILES string of the molecule is CCC(C)(O)CNS(=O)(=O)c1cc(Cl)ccc1C#N. The van der Waals surface area contributed by atoms with Gasteiger partial charge in [-0.2, -0.15) is 5.26 Å². The zero-order valence-corrected chi connectivity index (χ0v) is 12.2. The number of nitrogens with one attached hydrogen (secondary N) is 1. The molecule has 5 nitrogen and oxygen atoms in total. The Morgan fingerprint density at radius 2 is 2.16 bits per heavy atom. The van der Waals surface area contributed by atoms with Crippen LogP contribution in [0.1, 0.15) is 25.8 Å². The Labute approximate surface area is 117 Å². The van der Waals surface area contributed by atoms with E-state index in [0.717, 1.165) is 0 Å². The highest BCUT2D eigenvalue weighted by atomic mass is 35.5. The predicted octanol–water partition coefficient (Wildman–Crippen LogP) is 1.65. The summed E-state index contributed by atoms with van der Waals surface area (Å²) in [7, 11) is -3.89. The van der Waals surface area contributed by atoms with Crippen molar-refractivity contribution in [3.8, 4) is 6.07 Å². The molecule has 1 rings (SSSR count). The molecule has 1 aromatic rings. The number of hydrogen-bond donors (Lipinski definition) is 2. The van der Waals surface area contributed by atoms with E-state index in [0.29, 0.717) is 6.42 Å². The standard InChI is InChI=1S/C12H15ClN2O3S/c1-3-12(2,16)8-15-19(17,18)11-6-10(13)5-4-9(11)7-14/h4-6,15-16H,3,8H2,1-2H3. The van der Waals surface area contributed by atoms with Gasteiger partial charge in [-0.05, 0) is 31.5 Å². The molecule has 7 heteroatoms.